The number of methoxy groups -OCH3 is 1. The van der Waals surface area contributed by atoms with E-state index >= 15 is 0 Å². The van der Waals surface area contributed by atoms with Gasteiger partial charge < -0.3 is 4.74 Å². The molecule has 1 saturated heterocycles. The average Bonchev–Trinajstić information content (AvgIpc) is 2.32. The third-order valence-electron chi connectivity index (χ3n) is 3.48. The Balaban J connectivity index is 1.94. The van der Waals surface area contributed by atoms with Crippen LogP contribution in [0, 0.1) is 12.3 Å². The summed E-state index contributed by atoms with van der Waals surface area (Å²) in [7, 11) is 1.47. The summed E-state index contributed by atoms with van der Waals surface area (Å²) in [5.41, 5.74) is 0.973. The summed E-state index contributed by atoms with van der Waals surface area (Å²) in [6, 6.07) is 8.41. The third-order valence-corrected chi connectivity index (χ3v) is 4.46. The van der Waals surface area contributed by atoms with E-state index in [1.807, 2.05) is 6.92 Å². The van der Waals surface area contributed by atoms with Crippen molar-refractivity contribution in [2.75, 3.05) is 20.2 Å². The highest BCUT2D eigenvalue weighted by molar-refractivity contribution is 7.97. The summed E-state index contributed by atoms with van der Waals surface area (Å²) < 4.78 is 7.11. The molecular weight excluding hydrogens is 246 g/mol. The van der Waals surface area contributed by atoms with E-state index in [0.29, 0.717) is 0 Å². The fourth-order valence-electron chi connectivity index (χ4n) is 2.23. The Labute approximate surface area is 113 Å². The minimum Gasteiger partial charge on any atom is -0.469 e. The molecule has 0 amide bonds. The van der Waals surface area contributed by atoms with Crippen LogP contribution in [0.15, 0.2) is 29.2 Å². The zero-order valence-corrected chi connectivity index (χ0v) is 11.9. The molecule has 0 radical (unpaired) electrons. The minimum absolute atomic E-state index is 0.0777. The molecular formula is C14H19NO2S. The molecule has 1 aliphatic heterocycles. The van der Waals surface area contributed by atoms with Gasteiger partial charge in [0.25, 0.3) is 0 Å². The highest BCUT2D eigenvalue weighted by Crippen LogP contribution is 2.41. The molecule has 18 heavy (non-hydrogen) atoms. The zero-order chi connectivity index (χ0) is 13.2. The van der Waals surface area contributed by atoms with Gasteiger partial charge in [-0.3, -0.25) is 4.79 Å². The first-order chi connectivity index (χ1) is 8.59. The summed E-state index contributed by atoms with van der Waals surface area (Å²) in [4.78, 5) is 13.0. The molecule has 0 N–H and O–H groups in total. The van der Waals surface area contributed by atoms with Gasteiger partial charge in [-0.1, -0.05) is 19.1 Å². The predicted octanol–water partition coefficient (Wildman–Crippen LogP) is 2.89. The molecule has 4 heteroatoms. The van der Waals surface area contributed by atoms with Crippen LogP contribution in [0.5, 0.6) is 0 Å². The molecule has 0 unspecified atom stereocenters. The highest BCUT2D eigenvalue weighted by Gasteiger charge is 2.49. The number of nitrogens with zero attached hydrogens (tertiary/aromatic N) is 1. The van der Waals surface area contributed by atoms with Crippen LogP contribution in [0.1, 0.15) is 18.9 Å². The number of carbonyl (C=O) groups is 1. The number of hydrogen-bond acceptors (Lipinski definition) is 4. The number of aryl methyl sites for hydroxylation is 1. The van der Waals surface area contributed by atoms with Gasteiger partial charge in [-0.05, 0) is 43.0 Å². The van der Waals surface area contributed by atoms with E-state index in [1.165, 1.54) is 17.6 Å². The monoisotopic (exact) mass is 265 g/mol. The summed E-state index contributed by atoms with van der Waals surface area (Å²) >= 11 is 1.72. The van der Waals surface area contributed by atoms with Crippen molar-refractivity contribution < 1.29 is 9.53 Å². The summed E-state index contributed by atoms with van der Waals surface area (Å²) in [5, 5.41) is 0. The van der Waals surface area contributed by atoms with Gasteiger partial charge in [0.05, 0.1) is 12.5 Å². The van der Waals surface area contributed by atoms with Crippen molar-refractivity contribution in [3.8, 4) is 0 Å². The van der Waals surface area contributed by atoms with E-state index in [4.69, 9.17) is 4.74 Å². The van der Waals surface area contributed by atoms with E-state index in [2.05, 4.69) is 35.5 Å². The van der Waals surface area contributed by atoms with E-state index in [0.717, 1.165) is 19.5 Å². The van der Waals surface area contributed by atoms with Gasteiger partial charge in [-0.25, -0.2) is 4.31 Å². The van der Waals surface area contributed by atoms with Gasteiger partial charge in [0, 0.05) is 18.0 Å². The van der Waals surface area contributed by atoms with Crippen LogP contribution in [0.2, 0.25) is 0 Å². The van der Waals surface area contributed by atoms with Gasteiger partial charge in [-0.15, -0.1) is 0 Å². The van der Waals surface area contributed by atoms with Crippen LogP contribution in [0.3, 0.4) is 0 Å². The normalized spacial score (nSPS) is 18.2. The van der Waals surface area contributed by atoms with Crippen molar-refractivity contribution in [1.29, 1.82) is 0 Å². The smallest absolute Gasteiger partial charge is 0.314 e. The molecule has 0 saturated carbocycles. The van der Waals surface area contributed by atoms with Crippen LogP contribution in [-0.2, 0) is 9.53 Å². The minimum atomic E-state index is -0.286. The number of ether oxygens (including phenoxy) is 1. The predicted molar refractivity (Wildman–Crippen MR) is 73.3 cm³/mol. The maximum Gasteiger partial charge on any atom is 0.314 e. The first-order valence-corrected chi connectivity index (χ1v) is 6.95. The van der Waals surface area contributed by atoms with Crippen molar-refractivity contribution in [3.05, 3.63) is 29.8 Å². The quantitative estimate of drug-likeness (QED) is 0.618. The largest absolute Gasteiger partial charge is 0.469 e. The molecule has 0 aliphatic carbocycles. The van der Waals surface area contributed by atoms with Crippen molar-refractivity contribution in [2.45, 2.75) is 25.2 Å². The third kappa shape index (κ3) is 2.54. The van der Waals surface area contributed by atoms with Crippen LogP contribution in [0.4, 0.5) is 0 Å². The lowest BCUT2D eigenvalue weighted by Crippen LogP contribution is -2.57. The average molecular weight is 265 g/mol. The SMILES string of the molecule is CCC1(C(=O)OC)CN(Sc2cccc(C)c2)C1. The Bertz CT molecular complexity index is 441. The Morgan fingerprint density at radius 3 is 2.78 bits per heavy atom. The Kier molecular flexibility index (Phi) is 3.97. The molecule has 98 valence electrons. The lowest BCUT2D eigenvalue weighted by Gasteiger charge is -2.46. The zero-order valence-electron chi connectivity index (χ0n) is 11.1. The van der Waals surface area contributed by atoms with Gasteiger partial charge in [0.15, 0.2) is 0 Å². The van der Waals surface area contributed by atoms with Crippen molar-refractivity contribution in [1.82, 2.24) is 4.31 Å². The molecule has 1 aliphatic rings. The highest BCUT2D eigenvalue weighted by atomic mass is 32.2. The van der Waals surface area contributed by atoms with E-state index < -0.39 is 0 Å². The Hall–Kier alpha value is -1.00. The van der Waals surface area contributed by atoms with Crippen LogP contribution >= 0.6 is 11.9 Å². The second-order valence-electron chi connectivity index (χ2n) is 4.83. The maximum atomic E-state index is 11.7. The number of hydrogen-bond donors (Lipinski definition) is 0. The second kappa shape index (κ2) is 5.33. The number of benzene rings is 1. The molecule has 1 aromatic rings. The maximum absolute atomic E-state index is 11.7. The molecule has 0 spiro atoms. The summed E-state index contributed by atoms with van der Waals surface area (Å²) in [6.45, 7) is 5.68. The molecule has 2 rings (SSSR count). The van der Waals surface area contributed by atoms with Crippen molar-refractivity contribution in [3.63, 3.8) is 0 Å². The molecule has 3 nitrogen and oxygen atoms in total. The Morgan fingerprint density at radius 1 is 1.50 bits per heavy atom. The lowest BCUT2D eigenvalue weighted by molar-refractivity contribution is -0.160. The fourth-order valence-corrected chi connectivity index (χ4v) is 3.53. The van der Waals surface area contributed by atoms with Gasteiger partial charge >= 0.3 is 5.97 Å². The van der Waals surface area contributed by atoms with Crippen LogP contribution in [0.25, 0.3) is 0 Å². The number of rotatable bonds is 4. The van der Waals surface area contributed by atoms with Gasteiger partial charge in [-0.2, -0.15) is 0 Å². The molecule has 0 atom stereocenters. The summed E-state index contributed by atoms with van der Waals surface area (Å²) in [6.07, 6.45) is 0.838. The van der Waals surface area contributed by atoms with E-state index in [1.54, 1.807) is 11.9 Å². The van der Waals surface area contributed by atoms with Crippen molar-refractivity contribution >= 4 is 17.9 Å². The first kappa shape index (κ1) is 13.4. The molecule has 0 aromatic heterocycles. The van der Waals surface area contributed by atoms with Crippen molar-refractivity contribution in [2.24, 2.45) is 5.41 Å². The van der Waals surface area contributed by atoms with E-state index in [-0.39, 0.29) is 11.4 Å². The topological polar surface area (TPSA) is 29.5 Å². The number of carbonyl (C=O) groups excluding carboxylic acids is 1. The summed E-state index contributed by atoms with van der Waals surface area (Å²) in [5.74, 6) is -0.0777. The van der Waals surface area contributed by atoms with Crippen LogP contribution < -0.4 is 0 Å². The second-order valence-corrected chi connectivity index (χ2v) is 6.00. The molecule has 1 heterocycles. The lowest BCUT2D eigenvalue weighted by atomic mass is 9.79. The van der Waals surface area contributed by atoms with Crippen LogP contribution in [-0.4, -0.2) is 30.5 Å². The standard InChI is InChI=1S/C14H19NO2S/c1-4-14(13(16)17-3)9-15(10-14)18-12-7-5-6-11(2)8-12/h5-8H,4,9-10H2,1-3H3. The Morgan fingerprint density at radius 2 is 2.22 bits per heavy atom. The van der Waals surface area contributed by atoms with E-state index in [9.17, 15) is 4.79 Å². The van der Waals surface area contributed by atoms with Gasteiger partial charge in [0.2, 0.25) is 0 Å². The first-order valence-electron chi connectivity index (χ1n) is 6.17. The van der Waals surface area contributed by atoms with Gasteiger partial charge in [0.1, 0.15) is 0 Å². The fraction of sp³-hybridized carbons (Fsp3) is 0.500. The molecule has 1 aromatic carbocycles. The number of esters is 1. The molecule has 1 fully saturated rings. The molecule has 0 bridgehead atoms.